The average molecular weight is 176 g/mol. The van der Waals surface area contributed by atoms with Crippen molar-refractivity contribution in [3.05, 3.63) is 22.6 Å². The van der Waals surface area contributed by atoms with Crippen LogP contribution in [0.4, 0.5) is 0 Å². The largest absolute Gasteiger partial charge is 0.290 e. The molecule has 0 saturated carbocycles. The lowest BCUT2D eigenvalue weighted by Gasteiger charge is -1.92. The van der Waals surface area contributed by atoms with Gasteiger partial charge in [0.2, 0.25) is 0 Å². The van der Waals surface area contributed by atoms with Crippen molar-refractivity contribution in [2.45, 2.75) is 20.8 Å². The van der Waals surface area contributed by atoms with Crippen LogP contribution in [-0.4, -0.2) is 13.0 Å². The van der Waals surface area contributed by atoms with Crippen LogP contribution in [-0.2, 0) is 10.1 Å². The zero-order valence-corrected chi connectivity index (χ0v) is 7.64. The van der Waals surface area contributed by atoms with E-state index in [1.165, 1.54) is 13.0 Å². The topological polar surface area (TPSA) is 54.4 Å². The van der Waals surface area contributed by atoms with Crippen LogP contribution in [0.2, 0.25) is 0 Å². The molecule has 0 heterocycles. The van der Waals surface area contributed by atoms with Crippen LogP contribution in [0.15, 0.2) is 22.6 Å². The maximum absolute atomic E-state index is 10.4. The highest BCUT2D eigenvalue weighted by Gasteiger charge is 2.04. The lowest BCUT2D eigenvalue weighted by atomic mass is 10.3. The van der Waals surface area contributed by atoms with E-state index in [-0.39, 0.29) is 4.91 Å². The van der Waals surface area contributed by atoms with Gasteiger partial charge in [-0.05, 0) is 26.8 Å². The third kappa shape index (κ3) is 4.75. The van der Waals surface area contributed by atoms with Crippen LogP contribution in [0, 0.1) is 0 Å². The predicted molar refractivity (Wildman–Crippen MR) is 44.7 cm³/mol. The molecule has 0 spiro atoms. The molecule has 0 amide bonds. The Kier molecular flexibility index (Phi) is 3.48. The van der Waals surface area contributed by atoms with Gasteiger partial charge in [0.25, 0.3) is 10.1 Å². The summed E-state index contributed by atoms with van der Waals surface area (Å²) < 4.78 is 29.3. The van der Waals surface area contributed by atoms with Crippen LogP contribution in [0.5, 0.6) is 0 Å². The minimum atomic E-state index is -3.98. The van der Waals surface area contributed by atoms with Gasteiger partial charge >= 0.3 is 0 Å². The maximum Gasteiger partial charge on any atom is 0.290 e. The van der Waals surface area contributed by atoms with Gasteiger partial charge in [-0.3, -0.25) is 4.55 Å². The Morgan fingerprint density at radius 2 is 1.64 bits per heavy atom. The van der Waals surface area contributed by atoms with Gasteiger partial charge in [-0.2, -0.15) is 8.42 Å². The molecule has 0 aromatic heterocycles. The third-order valence-corrected chi connectivity index (χ3v) is 2.01. The minimum absolute atomic E-state index is 0.0429. The lowest BCUT2D eigenvalue weighted by Crippen LogP contribution is -1.97. The van der Waals surface area contributed by atoms with E-state index < -0.39 is 10.1 Å². The fourth-order valence-electron chi connectivity index (χ4n) is 0.370. The molecule has 0 aromatic carbocycles. The van der Waals surface area contributed by atoms with E-state index in [4.69, 9.17) is 4.55 Å². The van der Waals surface area contributed by atoms with Crippen LogP contribution in [0.1, 0.15) is 20.8 Å². The normalized spacial score (nSPS) is 12.9. The Bertz CT molecular complexity index is 279. The van der Waals surface area contributed by atoms with Crippen molar-refractivity contribution >= 4 is 10.1 Å². The van der Waals surface area contributed by atoms with Gasteiger partial charge in [-0.25, -0.2) is 0 Å². The second-order valence-corrected chi connectivity index (χ2v) is 4.09. The zero-order chi connectivity index (χ0) is 9.07. The van der Waals surface area contributed by atoms with Gasteiger partial charge < -0.3 is 0 Å². The van der Waals surface area contributed by atoms with E-state index in [1.54, 1.807) is 6.08 Å². The molecule has 64 valence electrons. The Balaban J connectivity index is 4.64. The van der Waals surface area contributed by atoms with E-state index in [9.17, 15) is 8.42 Å². The van der Waals surface area contributed by atoms with E-state index >= 15 is 0 Å². The molecule has 0 aliphatic carbocycles. The average Bonchev–Trinajstić information content (AvgIpc) is 1.80. The number of rotatable bonds is 2. The fraction of sp³-hybridized carbons (Fsp3) is 0.429. The molecule has 0 aromatic rings. The number of allylic oxidation sites excluding steroid dienone is 4. The summed E-state index contributed by atoms with van der Waals surface area (Å²) in [6, 6.07) is 0. The van der Waals surface area contributed by atoms with Gasteiger partial charge in [0, 0.05) is 0 Å². The highest BCUT2D eigenvalue weighted by molar-refractivity contribution is 7.89. The maximum atomic E-state index is 10.4. The van der Waals surface area contributed by atoms with Crippen LogP contribution < -0.4 is 0 Å². The first kappa shape index (κ1) is 10.4. The first-order valence-corrected chi connectivity index (χ1v) is 4.57. The summed E-state index contributed by atoms with van der Waals surface area (Å²) in [6.45, 7) is 5.02. The van der Waals surface area contributed by atoms with Gasteiger partial charge in [0.05, 0.1) is 4.91 Å². The van der Waals surface area contributed by atoms with Crippen molar-refractivity contribution in [2.75, 3.05) is 0 Å². The van der Waals surface area contributed by atoms with Gasteiger partial charge in [0.15, 0.2) is 0 Å². The van der Waals surface area contributed by atoms with Gasteiger partial charge in [-0.15, -0.1) is 0 Å². The molecule has 0 unspecified atom stereocenters. The summed E-state index contributed by atoms with van der Waals surface area (Å²) in [6.07, 6.45) is 2.99. The second kappa shape index (κ2) is 3.69. The third-order valence-electron chi connectivity index (χ3n) is 1.06. The molecule has 1 N–H and O–H groups in total. The van der Waals surface area contributed by atoms with Crippen molar-refractivity contribution in [1.29, 1.82) is 0 Å². The van der Waals surface area contributed by atoms with Crippen molar-refractivity contribution in [2.24, 2.45) is 0 Å². The summed E-state index contributed by atoms with van der Waals surface area (Å²) in [5.41, 5.74) is 0.980. The fourth-order valence-corrected chi connectivity index (χ4v) is 0.610. The van der Waals surface area contributed by atoms with Crippen LogP contribution >= 0.6 is 0 Å². The van der Waals surface area contributed by atoms with Gasteiger partial charge in [-0.1, -0.05) is 11.6 Å². The van der Waals surface area contributed by atoms with E-state index in [0.717, 1.165) is 5.57 Å². The summed E-state index contributed by atoms with van der Waals surface area (Å²) in [5.74, 6) is 0. The van der Waals surface area contributed by atoms with Crippen molar-refractivity contribution < 1.29 is 13.0 Å². The summed E-state index contributed by atoms with van der Waals surface area (Å²) in [4.78, 5) is -0.0429. The summed E-state index contributed by atoms with van der Waals surface area (Å²) >= 11 is 0. The number of hydrogen-bond donors (Lipinski definition) is 1. The quantitative estimate of drug-likeness (QED) is 0.515. The lowest BCUT2D eigenvalue weighted by molar-refractivity contribution is 0.491. The SMILES string of the molecule is CC(C)=C/C=C(\C)S(=O)(=O)O. The molecule has 0 saturated heterocycles. The van der Waals surface area contributed by atoms with E-state index in [0.29, 0.717) is 0 Å². The zero-order valence-electron chi connectivity index (χ0n) is 6.83. The predicted octanol–water partition coefficient (Wildman–Crippen LogP) is 1.74. The molecule has 0 fully saturated rings. The van der Waals surface area contributed by atoms with E-state index in [2.05, 4.69) is 0 Å². The molecule has 0 atom stereocenters. The van der Waals surface area contributed by atoms with Crippen molar-refractivity contribution in [1.82, 2.24) is 0 Å². The Hall–Kier alpha value is -0.610. The van der Waals surface area contributed by atoms with Gasteiger partial charge in [0.1, 0.15) is 0 Å². The smallest absolute Gasteiger partial charge is 0.282 e. The molecular weight excluding hydrogens is 164 g/mol. The summed E-state index contributed by atoms with van der Waals surface area (Å²) in [7, 11) is -3.98. The monoisotopic (exact) mass is 176 g/mol. The molecule has 0 aliphatic rings. The standard InChI is InChI=1S/C7H12O3S/c1-6(2)4-5-7(3)11(8,9)10/h4-5H,1-3H3,(H,8,9,10)/b7-5+. The van der Waals surface area contributed by atoms with Crippen LogP contribution in [0.3, 0.4) is 0 Å². The Morgan fingerprint density at radius 3 is 1.91 bits per heavy atom. The number of hydrogen-bond acceptors (Lipinski definition) is 2. The molecule has 0 bridgehead atoms. The molecule has 4 heteroatoms. The molecule has 0 aliphatic heterocycles. The molecule has 0 radical (unpaired) electrons. The van der Waals surface area contributed by atoms with E-state index in [1.807, 2.05) is 13.8 Å². The van der Waals surface area contributed by atoms with Crippen molar-refractivity contribution in [3.8, 4) is 0 Å². The highest BCUT2D eigenvalue weighted by atomic mass is 32.2. The van der Waals surface area contributed by atoms with Crippen molar-refractivity contribution in [3.63, 3.8) is 0 Å². The highest BCUT2D eigenvalue weighted by Crippen LogP contribution is 2.03. The minimum Gasteiger partial charge on any atom is -0.282 e. The van der Waals surface area contributed by atoms with Crippen LogP contribution in [0.25, 0.3) is 0 Å². The Labute approximate surface area is 67.2 Å². The Morgan fingerprint density at radius 1 is 1.18 bits per heavy atom. The first-order chi connectivity index (χ1) is 4.84. The second-order valence-electron chi connectivity index (χ2n) is 2.50. The molecule has 0 rings (SSSR count). The summed E-state index contributed by atoms with van der Waals surface area (Å²) in [5, 5.41) is 0. The first-order valence-electron chi connectivity index (χ1n) is 3.13. The molecule has 3 nitrogen and oxygen atoms in total. The molecule has 11 heavy (non-hydrogen) atoms. The molecular formula is C7H12O3S.